The fourth-order valence-electron chi connectivity index (χ4n) is 0.210. The molecule has 0 spiro atoms. The largest absolute Gasteiger partial charge is 0.328 e. The molecular formula is C4H15N5O3Pd. The standard InChI is InChI=1S/2C2H7N2.HNO3.Pd/c2*3-1-2-4;2-1(3)4;/h2*3H,1-2,4H2;(H,2,3,4);/q2*-1;;+2. The summed E-state index contributed by atoms with van der Waals surface area (Å²) >= 11 is 0.415. The van der Waals surface area contributed by atoms with Crippen LogP contribution >= 0.6 is 0 Å². The van der Waals surface area contributed by atoms with Crippen LogP contribution in [0, 0.1) is 10.1 Å². The van der Waals surface area contributed by atoms with E-state index in [2.05, 4.69) is 7.90 Å². The van der Waals surface area contributed by atoms with E-state index in [1.807, 2.05) is 0 Å². The molecule has 0 unspecified atom stereocenters. The average molecular weight is 288 g/mol. The first kappa shape index (κ1) is 15.2. The third-order valence-corrected chi connectivity index (χ3v) is 1.89. The van der Waals surface area contributed by atoms with E-state index in [0.29, 0.717) is 31.6 Å². The molecule has 8 nitrogen and oxygen atoms in total. The van der Waals surface area contributed by atoms with Crippen molar-refractivity contribution in [3.63, 3.8) is 0 Å². The zero-order valence-corrected chi connectivity index (χ0v) is 8.56. The number of hydrogen-bond donors (Lipinski definition) is 5. The molecule has 0 bridgehead atoms. The molecule has 0 heterocycles. The van der Waals surface area contributed by atoms with Gasteiger partial charge in [0.15, 0.2) is 0 Å². The molecule has 0 atom stereocenters. The van der Waals surface area contributed by atoms with Crippen LogP contribution in [0.3, 0.4) is 0 Å². The van der Waals surface area contributed by atoms with Crippen molar-refractivity contribution in [3.8, 4) is 0 Å². The minimum absolute atomic E-state index is 0.415. The normalized spacial score (nSPS) is 9.08. The van der Waals surface area contributed by atoms with Crippen LogP contribution in [0.5, 0.6) is 0 Å². The molecule has 7 N–H and O–H groups in total. The Kier molecular flexibility index (Phi) is 16.6. The van der Waals surface area contributed by atoms with Crippen molar-refractivity contribution in [2.24, 2.45) is 11.5 Å². The topological polar surface area (TPSA) is 139 Å². The Balaban J connectivity index is 0. The van der Waals surface area contributed by atoms with E-state index >= 15 is 0 Å². The van der Waals surface area contributed by atoms with Crippen molar-refractivity contribution in [2.45, 2.75) is 0 Å². The summed E-state index contributed by atoms with van der Waals surface area (Å²) in [5, 5.41) is 13.6. The van der Waals surface area contributed by atoms with Crippen LogP contribution in [0.1, 0.15) is 0 Å². The van der Waals surface area contributed by atoms with Gasteiger partial charge in [-0.3, -0.25) is 0 Å². The van der Waals surface area contributed by atoms with E-state index in [9.17, 15) is 0 Å². The first-order valence-electron chi connectivity index (χ1n) is 3.40. The van der Waals surface area contributed by atoms with Gasteiger partial charge in [-0.2, -0.15) is 0 Å². The van der Waals surface area contributed by atoms with Gasteiger partial charge in [0.05, 0.1) is 0 Å². The molecule has 0 aromatic heterocycles. The van der Waals surface area contributed by atoms with Gasteiger partial charge < -0.3 is 5.21 Å². The maximum atomic E-state index is 8.36. The van der Waals surface area contributed by atoms with Crippen LogP contribution < -0.4 is 19.4 Å². The summed E-state index contributed by atoms with van der Waals surface area (Å²) in [6, 6.07) is 0. The van der Waals surface area contributed by atoms with Gasteiger partial charge in [0.1, 0.15) is 0 Å². The second-order valence-corrected chi connectivity index (χ2v) is 3.11. The Morgan fingerprint density at radius 3 is 1.85 bits per heavy atom. The van der Waals surface area contributed by atoms with Crippen molar-refractivity contribution < 1.29 is 28.8 Å². The monoisotopic (exact) mass is 287 g/mol. The van der Waals surface area contributed by atoms with E-state index in [4.69, 9.17) is 26.8 Å². The first-order chi connectivity index (χ1) is 6.15. The summed E-state index contributed by atoms with van der Waals surface area (Å²) in [5.74, 6) is 0. The second-order valence-electron chi connectivity index (χ2n) is 1.62. The van der Waals surface area contributed by atoms with Crippen molar-refractivity contribution in [1.82, 2.24) is 7.90 Å². The van der Waals surface area contributed by atoms with Gasteiger partial charge in [0.25, 0.3) is 5.09 Å². The van der Waals surface area contributed by atoms with Crippen molar-refractivity contribution in [3.05, 3.63) is 10.1 Å². The first-order valence-corrected chi connectivity index (χ1v) is 4.96. The van der Waals surface area contributed by atoms with E-state index < -0.39 is 5.09 Å². The quantitative estimate of drug-likeness (QED) is 0.159. The average Bonchev–Trinajstić information content (AvgIpc) is 2.03. The zero-order chi connectivity index (χ0) is 10.5. The number of nitrogens with one attached hydrogen (secondary N) is 2. The van der Waals surface area contributed by atoms with Crippen LogP contribution in [0.4, 0.5) is 0 Å². The molecule has 13 heavy (non-hydrogen) atoms. The van der Waals surface area contributed by atoms with Gasteiger partial charge in [-0.25, -0.2) is 0 Å². The summed E-state index contributed by atoms with van der Waals surface area (Å²) in [6.07, 6.45) is 0. The number of nitrogens with two attached hydrogens (primary N) is 2. The predicted molar refractivity (Wildman–Crippen MR) is 42.9 cm³/mol. The molecular weight excluding hydrogens is 272 g/mol. The Morgan fingerprint density at radius 1 is 1.31 bits per heavy atom. The third-order valence-electron chi connectivity index (χ3n) is 0.559. The van der Waals surface area contributed by atoms with Crippen molar-refractivity contribution in [1.29, 1.82) is 0 Å². The minimum Gasteiger partial charge on any atom is -0.328 e. The van der Waals surface area contributed by atoms with Gasteiger partial charge in [0, 0.05) is 0 Å². The Morgan fingerprint density at radius 2 is 1.62 bits per heavy atom. The van der Waals surface area contributed by atoms with Crippen molar-refractivity contribution >= 4 is 0 Å². The van der Waals surface area contributed by atoms with Gasteiger partial charge >= 0.3 is 64.0 Å². The number of nitrogens with zero attached hydrogens (tertiary/aromatic N) is 1. The molecule has 0 aliphatic carbocycles. The molecule has 0 saturated carbocycles. The van der Waals surface area contributed by atoms with Crippen LogP contribution in [0.2, 0.25) is 0 Å². The smallest absolute Gasteiger partial charge is 0.291 e. The van der Waals surface area contributed by atoms with Gasteiger partial charge in [-0.05, 0) is 0 Å². The fraction of sp³-hybridized carbons (Fsp3) is 1.00. The second kappa shape index (κ2) is 14.2. The Labute approximate surface area is 84.9 Å². The summed E-state index contributed by atoms with van der Waals surface area (Å²) in [5.41, 5.74) is 10.5. The van der Waals surface area contributed by atoms with E-state index in [-0.39, 0.29) is 0 Å². The molecule has 0 aromatic rings. The zero-order valence-electron chi connectivity index (χ0n) is 7.01. The molecule has 0 aromatic carbocycles. The van der Waals surface area contributed by atoms with Crippen LogP contribution in [0.15, 0.2) is 0 Å². The predicted octanol–water partition coefficient (Wildman–Crippen LogP) is -2.35. The molecule has 0 aliphatic rings. The van der Waals surface area contributed by atoms with E-state index in [1.54, 1.807) is 0 Å². The van der Waals surface area contributed by atoms with Gasteiger partial charge in [-0.1, -0.05) is 0 Å². The van der Waals surface area contributed by atoms with Crippen LogP contribution in [-0.2, 0) is 18.5 Å². The maximum absolute atomic E-state index is 8.36. The van der Waals surface area contributed by atoms with Crippen molar-refractivity contribution in [2.75, 3.05) is 26.2 Å². The van der Waals surface area contributed by atoms with Crippen LogP contribution in [-0.4, -0.2) is 36.5 Å². The fourth-order valence-corrected chi connectivity index (χ4v) is 1.24. The van der Waals surface area contributed by atoms with Gasteiger partial charge in [-0.15, -0.1) is 10.1 Å². The molecule has 0 fully saturated rings. The molecule has 84 valence electrons. The Bertz CT molecular complexity index is 106. The summed E-state index contributed by atoms with van der Waals surface area (Å²) < 4.78 is 6.26. The molecule has 9 heteroatoms. The number of rotatable bonds is 6. The summed E-state index contributed by atoms with van der Waals surface area (Å²) in [6.45, 7) is 3.16. The molecule has 0 rings (SSSR count). The molecule has 0 radical (unpaired) electrons. The molecule has 0 aliphatic heterocycles. The summed E-state index contributed by atoms with van der Waals surface area (Å²) in [7, 11) is 0. The minimum atomic E-state index is -1.50. The third kappa shape index (κ3) is 33.9. The number of hydrogen-bond acceptors (Lipinski definition) is 6. The maximum Gasteiger partial charge on any atom is 0.291 e. The Hall–Kier alpha value is -0.298. The van der Waals surface area contributed by atoms with Crippen LogP contribution in [0.25, 0.3) is 0 Å². The van der Waals surface area contributed by atoms with E-state index in [1.165, 1.54) is 0 Å². The van der Waals surface area contributed by atoms with E-state index in [0.717, 1.165) is 13.1 Å². The van der Waals surface area contributed by atoms with Gasteiger partial charge in [0.2, 0.25) is 0 Å². The SMILES string of the molecule is NCC[NH][Pd][NH]CCN.O=[N+]([O-])O. The molecule has 0 saturated heterocycles. The molecule has 0 amide bonds. The summed E-state index contributed by atoms with van der Waals surface area (Å²) in [4.78, 5) is 8.36.